The van der Waals surface area contributed by atoms with Crippen LogP contribution in [0.1, 0.15) is 46.1 Å². The average Bonchev–Trinajstić information content (AvgIpc) is 3.12. The zero-order valence-corrected chi connectivity index (χ0v) is 19.9. The molecule has 0 radical (unpaired) electrons. The third-order valence-electron chi connectivity index (χ3n) is 5.48. The van der Waals surface area contributed by atoms with E-state index in [4.69, 9.17) is 4.74 Å². The van der Waals surface area contributed by atoms with Crippen molar-refractivity contribution in [3.05, 3.63) is 68.2 Å². The number of nitrogens with one attached hydrogen (secondary N) is 1. The molecule has 1 saturated carbocycles. The van der Waals surface area contributed by atoms with Gasteiger partial charge in [-0.15, -0.1) is 34.0 Å². The summed E-state index contributed by atoms with van der Waals surface area (Å²) in [6.45, 7) is 1.81. The minimum absolute atomic E-state index is 0.371. The van der Waals surface area contributed by atoms with Crippen molar-refractivity contribution in [1.29, 1.82) is 0 Å². The third-order valence-corrected chi connectivity index (χ3v) is 8.63. The van der Waals surface area contributed by atoms with Gasteiger partial charge < -0.3 is 9.84 Å². The molecular weight excluding hydrogens is 476 g/mol. The smallest absolute Gasteiger partial charge is 0.413 e. The van der Waals surface area contributed by atoms with Crippen molar-refractivity contribution in [2.24, 2.45) is 0 Å². The molecule has 3 heterocycles. The number of anilines is 1. The summed E-state index contributed by atoms with van der Waals surface area (Å²) in [5.41, 5.74) is 1.86. The molecule has 5 rings (SSSR count). The topological polar surface area (TPSA) is 88.5 Å². The summed E-state index contributed by atoms with van der Waals surface area (Å²) >= 11 is 4.41. The lowest BCUT2D eigenvalue weighted by molar-refractivity contribution is -0.139. The highest BCUT2D eigenvalue weighted by Crippen LogP contribution is 2.52. The van der Waals surface area contributed by atoms with Gasteiger partial charge in [-0.25, -0.2) is 9.78 Å². The Morgan fingerprint density at radius 2 is 1.91 bits per heavy atom. The molecule has 0 spiro atoms. The lowest BCUT2D eigenvalue weighted by Gasteiger charge is -2.13. The fourth-order valence-electron chi connectivity index (χ4n) is 3.44. The number of aromatic nitrogens is 1. The molecule has 1 unspecified atom stereocenters. The van der Waals surface area contributed by atoms with E-state index >= 15 is 0 Å². The van der Waals surface area contributed by atoms with Crippen molar-refractivity contribution >= 4 is 61.3 Å². The van der Waals surface area contributed by atoms with Gasteiger partial charge in [0.15, 0.2) is 5.82 Å². The number of ether oxygens (including phenoxy) is 1. The number of nitrogens with zero attached hydrogens (tertiary/aromatic N) is 1. The maximum absolute atomic E-state index is 12.3. The van der Waals surface area contributed by atoms with Gasteiger partial charge in [-0.05, 0) is 49.3 Å². The SMILES string of the molecule is CC(OC(=O)Nc1ncsc1C#Cc1cc2sc(C3(C(=O)O)CC3)cc2s1)c1ccccc1. The van der Waals surface area contributed by atoms with E-state index < -0.39 is 17.5 Å². The molecule has 3 aromatic heterocycles. The van der Waals surface area contributed by atoms with E-state index in [0.717, 1.165) is 24.7 Å². The lowest BCUT2D eigenvalue weighted by atomic mass is 10.1. The van der Waals surface area contributed by atoms with E-state index in [2.05, 4.69) is 22.1 Å². The van der Waals surface area contributed by atoms with Crippen LogP contribution in [0.25, 0.3) is 9.40 Å². The fourth-order valence-corrected chi connectivity index (χ4v) is 6.52. The molecule has 166 valence electrons. The van der Waals surface area contributed by atoms with Gasteiger partial charge in [-0.3, -0.25) is 10.1 Å². The van der Waals surface area contributed by atoms with Crippen LogP contribution in [0.3, 0.4) is 0 Å². The summed E-state index contributed by atoms with van der Waals surface area (Å²) in [4.78, 5) is 30.5. The number of hydrogen-bond acceptors (Lipinski definition) is 7. The van der Waals surface area contributed by atoms with E-state index in [1.165, 1.54) is 34.0 Å². The molecule has 0 saturated heterocycles. The van der Waals surface area contributed by atoms with Crippen LogP contribution in [0.4, 0.5) is 10.6 Å². The van der Waals surface area contributed by atoms with E-state index in [9.17, 15) is 14.7 Å². The summed E-state index contributed by atoms with van der Waals surface area (Å²) in [6.07, 6.45) is 0.434. The standard InChI is InChI=1S/C24H18N2O4S3/c1-14(15-5-3-2-4-6-15)30-23(29)26-21-17(31-13-25-21)8-7-16-11-18-19(32-16)12-20(33-18)24(9-10-24)22(27)28/h2-6,11-14H,9-10H2,1H3,(H,26,29)(H,27,28). The van der Waals surface area contributed by atoms with Gasteiger partial charge in [-0.1, -0.05) is 30.3 Å². The van der Waals surface area contributed by atoms with Gasteiger partial charge in [0, 0.05) is 14.3 Å². The Kier molecular flexibility index (Phi) is 5.66. The second-order valence-electron chi connectivity index (χ2n) is 7.70. The molecule has 1 fully saturated rings. The number of benzene rings is 1. The van der Waals surface area contributed by atoms with Crippen LogP contribution < -0.4 is 5.32 Å². The minimum Gasteiger partial charge on any atom is -0.481 e. The van der Waals surface area contributed by atoms with Crippen LogP contribution in [-0.2, 0) is 14.9 Å². The molecular formula is C24H18N2O4S3. The number of thiazole rings is 1. The molecule has 1 amide bonds. The summed E-state index contributed by atoms with van der Waals surface area (Å²) < 4.78 is 7.54. The number of rotatable bonds is 5. The number of amides is 1. The Bertz CT molecular complexity index is 1370. The molecule has 1 atom stereocenters. The van der Waals surface area contributed by atoms with Crippen molar-refractivity contribution in [3.8, 4) is 11.8 Å². The molecule has 2 N–H and O–H groups in total. The summed E-state index contributed by atoms with van der Waals surface area (Å²) in [5.74, 6) is 5.85. The molecule has 1 aliphatic rings. The van der Waals surface area contributed by atoms with Gasteiger partial charge >= 0.3 is 12.1 Å². The van der Waals surface area contributed by atoms with E-state index in [-0.39, 0.29) is 6.10 Å². The Labute approximate surface area is 201 Å². The first kappa shape index (κ1) is 21.6. The quantitative estimate of drug-likeness (QED) is 0.320. The monoisotopic (exact) mass is 494 g/mol. The highest BCUT2D eigenvalue weighted by molar-refractivity contribution is 7.28. The van der Waals surface area contributed by atoms with E-state index in [1.54, 1.807) is 5.51 Å². The fraction of sp³-hybridized carbons (Fsp3) is 0.208. The molecule has 0 bridgehead atoms. The van der Waals surface area contributed by atoms with Gasteiger partial charge in [0.25, 0.3) is 0 Å². The highest BCUT2D eigenvalue weighted by Gasteiger charge is 2.53. The van der Waals surface area contributed by atoms with Crippen LogP contribution >= 0.6 is 34.0 Å². The Morgan fingerprint density at radius 3 is 2.61 bits per heavy atom. The molecule has 6 nitrogen and oxygen atoms in total. The molecule has 33 heavy (non-hydrogen) atoms. The average molecular weight is 495 g/mol. The van der Waals surface area contributed by atoms with Crippen molar-refractivity contribution in [3.63, 3.8) is 0 Å². The maximum Gasteiger partial charge on any atom is 0.413 e. The Balaban J connectivity index is 1.27. The van der Waals surface area contributed by atoms with Crippen LogP contribution in [0.15, 0.2) is 48.0 Å². The maximum atomic E-state index is 12.3. The summed E-state index contributed by atoms with van der Waals surface area (Å²) in [7, 11) is 0. The Hall–Kier alpha value is -3.19. The largest absolute Gasteiger partial charge is 0.481 e. The number of carbonyl (C=O) groups excluding carboxylic acids is 1. The van der Waals surface area contributed by atoms with Crippen molar-refractivity contribution in [2.45, 2.75) is 31.3 Å². The minimum atomic E-state index is -0.738. The van der Waals surface area contributed by atoms with Crippen molar-refractivity contribution in [1.82, 2.24) is 4.98 Å². The van der Waals surface area contributed by atoms with E-state index in [1.807, 2.05) is 49.4 Å². The zero-order valence-electron chi connectivity index (χ0n) is 17.5. The number of carbonyl (C=O) groups is 2. The van der Waals surface area contributed by atoms with Crippen molar-refractivity contribution in [2.75, 3.05) is 5.32 Å². The van der Waals surface area contributed by atoms with E-state index in [0.29, 0.717) is 23.5 Å². The summed E-state index contributed by atoms with van der Waals surface area (Å²) in [5, 5.41) is 12.2. The van der Waals surface area contributed by atoms with Crippen LogP contribution in [0.5, 0.6) is 0 Å². The van der Waals surface area contributed by atoms with Gasteiger partial charge in [0.2, 0.25) is 0 Å². The first-order chi connectivity index (χ1) is 15.9. The number of thiophene rings is 2. The first-order valence-electron chi connectivity index (χ1n) is 10.2. The summed E-state index contributed by atoms with van der Waals surface area (Å²) in [6, 6.07) is 13.5. The van der Waals surface area contributed by atoms with Crippen LogP contribution in [-0.4, -0.2) is 22.2 Å². The number of carboxylic acids is 1. The molecule has 4 aromatic rings. The lowest BCUT2D eigenvalue weighted by Crippen LogP contribution is -2.17. The first-order valence-corrected chi connectivity index (χ1v) is 12.7. The van der Waals surface area contributed by atoms with Crippen LogP contribution in [0, 0.1) is 11.8 Å². The molecule has 1 aliphatic carbocycles. The molecule has 9 heteroatoms. The Morgan fingerprint density at radius 1 is 1.15 bits per heavy atom. The van der Waals surface area contributed by atoms with Crippen LogP contribution in [0.2, 0.25) is 0 Å². The molecule has 1 aromatic carbocycles. The highest BCUT2D eigenvalue weighted by atomic mass is 32.1. The normalized spacial score (nSPS) is 14.8. The zero-order chi connectivity index (χ0) is 23.0. The number of carboxylic acid groups (broad SMARTS) is 1. The van der Waals surface area contributed by atoms with Gasteiger partial charge in [0.05, 0.1) is 10.4 Å². The third kappa shape index (κ3) is 4.37. The second kappa shape index (κ2) is 8.63. The van der Waals surface area contributed by atoms with Crippen molar-refractivity contribution < 1.29 is 19.4 Å². The predicted molar refractivity (Wildman–Crippen MR) is 131 cm³/mol. The molecule has 0 aliphatic heterocycles. The second-order valence-corrected chi connectivity index (χ2v) is 10.7. The number of aliphatic carboxylic acids is 1. The number of fused-ring (bicyclic) bond motifs is 1. The van der Waals surface area contributed by atoms with Gasteiger partial charge in [0.1, 0.15) is 16.4 Å². The number of hydrogen-bond donors (Lipinski definition) is 2. The predicted octanol–water partition coefficient (Wildman–Crippen LogP) is 6.25. The van der Waals surface area contributed by atoms with Gasteiger partial charge in [-0.2, -0.15) is 0 Å².